The molecule has 2 amide bonds. The molecule has 8 nitrogen and oxygen atoms in total. The van der Waals surface area contributed by atoms with Crippen molar-refractivity contribution in [1.29, 1.82) is 0 Å². The SMILES string of the molecule is O=C(NCc1ccco1)/C(=C/c1ccc(C(=O)NOC2CCCCO2)cc1)COc1cccc2ccccc12. The molecule has 1 aliphatic rings. The molecule has 1 aliphatic heterocycles. The summed E-state index contributed by atoms with van der Waals surface area (Å²) in [7, 11) is 0. The molecular formula is C31H30N2O6. The van der Waals surface area contributed by atoms with Gasteiger partial charge in [0.1, 0.15) is 18.1 Å². The van der Waals surface area contributed by atoms with Gasteiger partial charge in [-0.2, -0.15) is 0 Å². The molecule has 1 aromatic heterocycles. The van der Waals surface area contributed by atoms with E-state index in [4.69, 9.17) is 18.7 Å². The lowest BCUT2D eigenvalue weighted by molar-refractivity contribution is -0.186. The van der Waals surface area contributed by atoms with Gasteiger partial charge in [-0.25, -0.2) is 10.3 Å². The van der Waals surface area contributed by atoms with Crippen molar-refractivity contribution in [2.75, 3.05) is 13.2 Å². The summed E-state index contributed by atoms with van der Waals surface area (Å²) in [5.74, 6) is 0.686. The maximum Gasteiger partial charge on any atom is 0.274 e. The number of benzene rings is 3. The molecule has 4 aromatic rings. The molecule has 0 spiro atoms. The van der Waals surface area contributed by atoms with Crippen molar-refractivity contribution in [3.05, 3.63) is 108 Å². The van der Waals surface area contributed by atoms with Crippen LogP contribution >= 0.6 is 0 Å². The molecule has 2 heterocycles. The average molecular weight is 527 g/mol. The van der Waals surface area contributed by atoms with Gasteiger partial charge in [0, 0.05) is 24.0 Å². The Morgan fingerprint density at radius 3 is 2.59 bits per heavy atom. The van der Waals surface area contributed by atoms with Crippen LogP contribution in [0.4, 0.5) is 0 Å². The number of carbonyl (C=O) groups is 2. The summed E-state index contributed by atoms with van der Waals surface area (Å²) < 4.78 is 16.9. The second-order valence-corrected chi connectivity index (χ2v) is 9.16. The Kier molecular flexibility index (Phi) is 8.68. The van der Waals surface area contributed by atoms with Gasteiger partial charge in [-0.3, -0.25) is 9.59 Å². The third-order valence-electron chi connectivity index (χ3n) is 6.36. The molecule has 1 atom stereocenters. The Hall–Kier alpha value is -4.40. The Labute approximate surface area is 226 Å². The summed E-state index contributed by atoms with van der Waals surface area (Å²) in [6.45, 7) is 0.930. The van der Waals surface area contributed by atoms with E-state index < -0.39 is 6.29 Å². The molecule has 5 rings (SSSR count). The van der Waals surface area contributed by atoms with Gasteiger partial charge in [0.25, 0.3) is 11.8 Å². The third-order valence-corrected chi connectivity index (χ3v) is 6.36. The summed E-state index contributed by atoms with van der Waals surface area (Å²) >= 11 is 0. The highest BCUT2D eigenvalue weighted by Crippen LogP contribution is 2.26. The van der Waals surface area contributed by atoms with Crippen LogP contribution in [0, 0.1) is 0 Å². The largest absolute Gasteiger partial charge is 0.488 e. The smallest absolute Gasteiger partial charge is 0.274 e. The van der Waals surface area contributed by atoms with Crippen molar-refractivity contribution in [2.24, 2.45) is 0 Å². The summed E-state index contributed by atoms with van der Waals surface area (Å²) in [5, 5.41) is 4.90. The predicted octanol–water partition coefficient (Wildman–Crippen LogP) is 5.40. The Bertz CT molecular complexity index is 1420. The monoisotopic (exact) mass is 526 g/mol. The Morgan fingerprint density at radius 1 is 0.949 bits per heavy atom. The quantitative estimate of drug-likeness (QED) is 0.212. The van der Waals surface area contributed by atoms with Crippen molar-refractivity contribution in [3.63, 3.8) is 0 Å². The number of hydrogen-bond acceptors (Lipinski definition) is 6. The molecule has 8 heteroatoms. The maximum absolute atomic E-state index is 13.1. The van der Waals surface area contributed by atoms with Crippen LogP contribution < -0.4 is 15.5 Å². The van der Waals surface area contributed by atoms with Crippen LogP contribution in [0.15, 0.2) is 95.1 Å². The van der Waals surface area contributed by atoms with Gasteiger partial charge in [-0.15, -0.1) is 0 Å². The van der Waals surface area contributed by atoms with E-state index in [9.17, 15) is 9.59 Å². The molecule has 1 saturated heterocycles. The van der Waals surface area contributed by atoms with E-state index in [1.165, 1.54) is 0 Å². The summed E-state index contributed by atoms with van der Waals surface area (Å²) in [6.07, 6.45) is 5.63. The van der Waals surface area contributed by atoms with Crippen molar-refractivity contribution >= 4 is 28.7 Å². The number of hydrogen-bond donors (Lipinski definition) is 2. The van der Waals surface area contributed by atoms with Gasteiger partial charge in [-0.1, -0.05) is 48.5 Å². The number of ether oxygens (including phenoxy) is 2. The number of nitrogens with one attached hydrogen (secondary N) is 2. The molecule has 3 aromatic carbocycles. The summed E-state index contributed by atoms with van der Waals surface area (Å²) in [5.41, 5.74) is 4.05. The van der Waals surface area contributed by atoms with Crippen molar-refractivity contribution in [1.82, 2.24) is 10.8 Å². The van der Waals surface area contributed by atoms with E-state index in [0.29, 0.717) is 29.3 Å². The second kappa shape index (κ2) is 12.9. The molecule has 0 bridgehead atoms. The third kappa shape index (κ3) is 7.13. The van der Waals surface area contributed by atoms with Crippen molar-refractivity contribution in [3.8, 4) is 5.75 Å². The normalized spacial score (nSPS) is 15.6. The van der Waals surface area contributed by atoms with E-state index in [1.54, 1.807) is 48.7 Å². The number of rotatable bonds is 10. The standard InChI is InChI=1S/C31H30N2O6/c34-30(32-20-26-9-6-18-36-26)25(21-38-28-11-5-8-23-7-1-2-10-27(23)28)19-22-13-15-24(16-14-22)31(35)33-39-29-12-3-4-17-37-29/h1-2,5-11,13-16,18-19,29H,3-4,12,17,20-21H2,(H,32,34)(H,33,35)/b25-19+. The highest BCUT2D eigenvalue weighted by molar-refractivity contribution is 5.98. The number of furan rings is 1. The molecule has 0 saturated carbocycles. The van der Waals surface area contributed by atoms with Gasteiger partial charge in [0.15, 0.2) is 6.29 Å². The molecule has 39 heavy (non-hydrogen) atoms. The van der Waals surface area contributed by atoms with Gasteiger partial charge < -0.3 is 19.2 Å². The molecule has 2 N–H and O–H groups in total. The topological polar surface area (TPSA) is 99.0 Å². The fraction of sp³-hybridized carbons (Fsp3) is 0.226. The van der Waals surface area contributed by atoms with Gasteiger partial charge in [-0.05, 0) is 60.2 Å². The highest BCUT2D eigenvalue weighted by atomic mass is 16.8. The van der Waals surface area contributed by atoms with Crippen LogP contribution in [0.1, 0.15) is 40.9 Å². The fourth-order valence-electron chi connectivity index (χ4n) is 4.26. The average Bonchev–Trinajstić information content (AvgIpc) is 3.51. The minimum Gasteiger partial charge on any atom is -0.488 e. The number of amides is 2. The van der Waals surface area contributed by atoms with Gasteiger partial charge >= 0.3 is 0 Å². The van der Waals surface area contributed by atoms with Crippen LogP contribution in [0.3, 0.4) is 0 Å². The molecule has 200 valence electrons. The fourth-order valence-corrected chi connectivity index (χ4v) is 4.26. The predicted molar refractivity (Wildman–Crippen MR) is 147 cm³/mol. The van der Waals surface area contributed by atoms with E-state index in [-0.39, 0.29) is 25.0 Å². The second-order valence-electron chi connectivity index (χ2n) is 9.16. The van der Waals surface area contributed by atoms with E-state index >= 15 is 0 Å². The first-order valence-corrected chi connectivity index (χ1v) is 12.9. The Morgan fingerprint density at radius 2 is 1.79 bits per heavy atom. The Balaban J connectivity index is 1.29. The first-order chi connectivity index (χ1) is 19.2. The first kappa shape index (κ1) is 26.2. The maximum atomic E-state index is 13.1. The zero-order valence-corrected chi connectivity index (χ0v) is 21.4. The zero-order chi connectivity index (χ0) is 26.9. The summed E-state index contributed by atoms with van der Waals surface area (Å²) in [4.78, 5) is 31.0. The number of fused-ring (bicyclic) bond motifs is 1. The lowest BCUT2D eigenvalue weighted by Gasteiger charge is -2.22. The van der Waals surface area contributed by atoms with Crippen molar-refractivity contribution < 1.29 is 28.3 Å². The lowest BCUT2D eigenvalue weighted by Crippen LogP contribution is -2.33. The van der Waals surface area contributed by atoms with Crippen LogP contribution in [-0.4, -0.2) is 31.3 Å². The van der Waals surface area contributed by atoms with Crippen LogP contribution in [-0.2, 0) is 20.9 Å². The van der Waals surface area contributed by atoms with Gasteiger partial charge in [0.05, 0.1) is 18.4 Å². The molecule has 0 aliphatic carbocycles. The summed E-state index contributed by atoms with van der Waals surface area (Å²) in [6, 6.07) is 24.2. The van der Waals surface area contributed by atoms with Gasteiger partial charge in [0.2, 0.25) is 0 Å². The molecule has 1 unspecified atom stereocenters. The minimum atomic E-state index is -0.422. The number of carbonyl (C=O) groups excluding carboxylic acids is 2. The minimum absolute atomic E-state index is 0.0511. The number of hydroxylamine groups is 1. The lowest BCUT2D eigenvalue weighted by atomic mass is 10.1. The van der Waals surface area contributed by atoms with Crippen LogP contribution in [0.5, 0.6) is 5.75 Å². The molecular weight excluding hydrogens is 496 g/mol. The van der Waals surface area contributed by atoms with E-state index in [2.05, 4.69) is 10.8 Å². The van der Waals surface area contributed by atoms with Crippen LogP contribution in [0.2, 0.25) is 0 Å². The molecule has 1 fully saturated rings. The molecule has 0 radical (unpaired) electrons. The van der Waals surface area contributed by atoms with E-state index in [0.717, 1.165) is 35.6 Å². The highest BCUT2D eigenvalue weighted by Gasteiger charge is 2.17. The van der Waals surface area contributed by atoms with Crippen molar-refractivity contribution in [2.45, 2.75) is 32.1 Å². The van der Waals surface area contributed by atoms with E-state index in [1.807, 2.05) is 42.5 Å². The zero-order valence-electron chi connectivity index (χ0n) is 21.4. The first-order valence-electron chi connectivity index (χ1n) is 12.9. The van der Waals surface area contributed by atoms with Crippen LogP contribution in [0.25, 0.3) is 16.8 Å².